The molecule has 0 unspecified atom stereocenters. The van der Waals surface area contributed by atoms with Crippen LogP contribution in [-0.2, 0) is 12.7 Å². The number of nitrogens with one attached hydrogen (secondary N) is 2. The molecule has 2 aromatic carbocycles. The maximum Gasteiger partial charge on any atom is 0.416 e. The summed E-state index contributed by atoms with van der Waals surface area (Å²) in [7, 11) is 0. The molecule has 7 nitrogen and oxygen atoms in total. The Hall–Kier alpha value is -3.37. The van der Waals surface area contributed by atoms with Crippen LogP contribution in [0.1, 0.15) is 46.4 Å². The first-order valence-electron chi connectivity index (χ1n) is 12.0. The molecular weight excluding hydrogens is 469 g/mol. The Morgan fingerprint density at radius 3 is 2.39 bits per heavy atom. The number of aromatic nitrogens is 1. The van der Waals surface area contributed by atoms with Gasteiger partial charge in [-0.25, -0.2) is 0 Å². The first-order chi connectivity index (χ1) is 17.2. The van der Waals surface area contributed by atoms with Crippen LogP contribution in [-0.4, -0.2) is 53.4 Å². The Morgan fingerprint density at radius 1 is 1.08 bits per heavy atom. The van der Waals surface area contributed by atoms with Gasteiger partial charge < -0.3 is 26.3 Å². The van der Waals surface area contributed by atoms with Gasteiger partial charge in [-0.1, -0.05) is 24.3 Å². The Balaban J connectivity index is 1.59. The van der Waals surface area contributed by atoms with Crippen molar-refractivity contribution in [3.05, 3.63) is 70.9 Å². The summed E-state index contributed by atoms with van der Waals surface area (Å²) in [5.74, 6) is -0.338. The molecule has 1 fully saturated rings. The third kappa shape index (κ3) is 5.88. The quantitative estimate of drug-likeness (QED) is 0.280. The molecule has 0 spiro atoms. The van der Waals surface area contributed by atoms with E-state index in [0.29, 0.717) is 28.9 Å². The topological polar surface area (TPSA) is 113 Å². The zero-order valence-electron chi connectivity index (χ0n) is 19.9. The SMILES string of the molecule is N=C(N)c1ccc2cc(C(=O)NC3CCN(CCCN)CC3)n(Cc3ccc(C(F)(F)F)cc3)c2c1. The highest BCUT2D eigenvalue weighted by molar-refractivity contribution is 6.02. The number of piperidine rings is 1. The highest BCUT2D eigenvalue weighted by Crippen LogP contribution is 2.30. The lowest BCUT2D eigenvalue weighted by Gasteiger charge is -2.32. The summed E-state index contributed by atoms with van der Waals surface area (Å²) < 4.78 is 40.8. The summed E-state index contributed by atoms with van der Waals surface area (Å²) in [4.78, 5) is 15.7. The average molecular weight is 501 g/mol. The fraction of sp³-hybridized carbons (Fsp3) is 0.385. The lowest BCUT2D eigenvalue weighted by Crippen LogP contribution is -2.45. The summed E-state index contributed by atoms with van der Waals surface area (Å²) in [5.41, 5.74) is 12.8. The lowest BCUT2D eigenvalue weighted by molar-refractivity contribution is -0.137. The van der Waals surface area contributed by atoms with Gasteiger partial charge in [-0.15, -0.1) is 0 Å². The number of carbonyl (C=O) groups is 1. The number of hydrogen-bond acceptors (Lipinski definition) is 4. The van der Waals surface area contributed by atoms with Gasteiger partial charge in [0.15, 0.2) is 0 Å². The fourth-order valence-electron chi connectivity index (χ4n) is 4.64. The largest absolute Gasteiger partial charge is 0.416 e. The van der Waals surface area contributed by atoms with Crippen LogP contribution in [0.2, 0.25) is 0 Å². The van der Waals surface area contributed by atoms with Gasteiger partial charge in [-0.05, 0) is 62.2 Å². The van der Waals surface area contributed by atoms with Gasteiger partial charge >= 0.3 is 6.18 Å². The number of likely N-dealkylation sites (tertiary alicyclic amines) is 1. The van der Waals surface area contributed by atoms with Crippen LogP contribution in [0.3, 0.4) is 0 Å². The Labute approximate surface area is 207 Å². The van der Waals surface area contributed by atoms with Gasteiger partial charge in [0.05, 0.1) is 5.56 Å². The normalized spacial score (nSPS) is 15.3. The summed E-state index contributed by atoms with van der Waals surface area (Å²) in [6, 6.07) is 12.0. The van der Waals surface area contributed by atoms with Gasteiger partial charge in [-0.2, -0.15) is 13.2 Å². The molecule has 3 aromatic rings. The first kappa shape index (κ1) is 25.7. The van der Waals surface area contributed by atoms with Crippen molar-refractivity contribution in [2.24, 2.45) is 11.5 Å². The number of benzene rings is 2. The van der Waals surface area contributed by atoms with E-state index in [0.717, 1.165) is 56.4 Å². The number of amides is 1. The van der Waals surface area contributed by atoms with E-state index in [1.807, 2.05) is 0 Å². The zero-order valence-corrected chi connectivity index (χ0v) is 19.9. The molecule has 1 aromatic heterocycles. The molecule has 6 N–H and O–H groups in total. The second kappa shape index (κ2) is 10.7. The van der Waals surface area contributed by atoms with Crippen molar-refractivity contribution in [2.45, 2.75) is 38.0 Å². The van der Waals surface area contributed by atoms with E-state index in [1.54, 1.807) is 28.8 Å². The van der Waals surface area contributed by atoms with Crippen molar-refractivity contribution < 1.29 is 18.0 Å². The molecule has 1 aliphatic heterocycles. The molecule has 0 aliphatic carbocycles. The average Bonchev–Trinajstić information content (AvgIpc) is 3.21. The number of halogens is 3. The molecule has 10 heteroatoms. The van der Waals surface area contributed by atoms with Crippen LogP contribution in [0, 0.1) is 5.41 Å². The van der Waals surface area contributed by atoms with Crippen LogP contribution in [0.4, 0.5) is 13.2 Å². The minimum Gasteiger partial charge on any atom is -0.384 e. The van der Waals surface area contributed by atoms with Crippen LogP contribution < -0.4 is 16.8 Å². The number of carbonyl (C=O) groups excluding carboxylic acids is 1. The minimum atomic E-state index is -4.42. The molecule has 0 saturated carbocycles. The Kier molecular flexibility index (Phi) is 7.65. The van der Waals surface area contributed by atoms with Crippen molar-refractivity contribution in [3.63, 3.8) is 0 Å². The van der Waals surface area contributed by atoms with Gasteiger partial charge in [0.25, 0.3) is 5.91 Å². The fourth-order valence-corrected chi connectivity index (χ4v) is 4.64. The maximum absolute atomic E-state index is 13.4. The van der Waals surface area contributed by atoms with Crippen molar-refractivity contribution in [2.75, 3.05) is 26.2 Å². The van der Waals surface area contributed by atoms with Gasteiger partial charge in [0.1, 0.15) is 11.5 Å². The standard InChI is InChI=1S/C26H31F3N6O/c27-26(28,29)20-6-2-17(3-7-20)16-35-22-15-19(24(31)32)5-4-18(22)14-23(35)25(36)33-21-8-12-34(13-9-21)11-1-10-30/h2-7,14-15,21H,1,8-13,16,30H2,(H3,31,32)(H,33,36). The third-order valence-corrected chi connectivity index (χ3v) is 6.67. The first-order valence-corrected chi connectivity index (χ1v) is 12.0. The summed E-state index contributed by atoms with van der Waals surface area (Å²) in [5, 5.41) is 11.7. The Bertz CT molecular complexity index is 1230. The van der Waals surface area contributed by atoms with E-state index in [-0.39, 0.29) is 24.3 Å². The van der Waals surface area contributed by atoms with E-state index in [9.17, 15) is 18.0 Å². The van der Waals surface area contributed by atoms with Crippen LogP contribution in [0.15, 0.2) is 48.5 Å². The van der Waals surface area contributed by atoms with Crippen LogP contribution >= 0.6 is 0 Å². The number of nitrogens with zero attached hydrogens (tertiary/aromatic N) is 2. The lowest BCUT2D eigenvalue weighted by atomic mass is 10.0. The second-order valence-corrected chi connectivity index (χ2v) is 9.23. The van der Waals surface area contributed by atoms with Crippen molar-refractivity contribution in [1.29, 1.82) is 5.41 Å². The second-order valence-electron chi connectivity index (χ2n) is 9.23. The van der Waals surface area contributed by atoms with E-state index < -0.39 is 11.7 Å². The molecule has 4 rings (SSSR count). The molecule has 0 radical (unpaired) electrons. The number of rotatable bonds is 8. The molecule has 1 saturated heterocycles. The van der Waals surface area contributed by atoms with E-state index in [4.69, 9.17) is 16.9 Å². The molecule has 192 valence electrons. The predicted molar refractivity (Wildman–Crippen MR) is 134 cm³/mol. The molecule has 1 amide bonds. The number of amidine groups is 1. The van der Waals surface area contributed by atoms with Crippen molar-refractivity contribution in [3.8, 4) is 0 Å². The van der Waals surface area contributed by atoms with Gasteiger partial charge in [0.2, 0.25) is 0 Å². The molecule has 1 aliphatic rings. The van der Waals surface area contributed by atoms with Crippen molar-refractivity contribution in [1.82, 2.24) is 14.8 Å². The predicted octanol–water partition coefficient (Wildman–Crippen LogP) is 3.54. The molecule has 0 atom stereocenters. The number of fused-ring (bicyclic) bond motifs is 1. The monoisotopic (exact) mass is 500 g/mol. The summed E-state index contributed by atoms with van der Waals surface area (Å²) in [6.45, 7) is 3.59. The van der Waals surface area contributed by atoms with Crippen LogP contribution in [0.5, 0.6) is 0 Å². The molecule has 36 heavy (non-hydrogen) atoms. The third-order valence-electron chi connectivity index (χ3n) is 6.67. The highest BCUT2D eigenvalue weighted by atomic mass is 19.4. The minimum absolute atomic E-state index is 0.0388. The number of alkyl halides is 3. The maximum atomic E-state index is 13.4. The summed E-state index contributed by atoms with van der Waals surface area (Å²) >= 11 is 0. The number of nitrogens with two attached hydrogens (primary N) is 2. The van der Waals surface area contributed by atoms with E-state index >= 15 is 0 Å². The van der Waals surface area contributed by atoms with Crippen molar-refractivity contribution >= 4 is 22.6 Å². The van der Waals surface area contributed by atoms with E-state index in [2.05, 4.69) is 10.2 Å². The molecule has 2 heterocycles. The summed E-state index contributed by atoms with van der Waals surface area (Å²) in [6.07, 6.45) is -1.79. The molecule has 0 bridgehead atoms. The van der Waals surface area contributed by atoms with E-state index in [1.165, 1.54) is 12.1 Å². The Morgan fingerprint density at radius 2 is 1.78 bits per heavy atom. The van der Waals surface area contributed by atoms with Gasteiger partial charge in [0, 0.05) is 42.1 Å². The smallest absolute Gasteiger partial charge is 0.384 e. The number of nitrogen functional groups attached to an aromatic ring is 1. The molecular formula is C26H31F3N6O. The zero-order chi connectivity index (χ0) is 25.9. The number of hydrogen-bond donors (Lipinski definition) is 4. The van der Waals surface area contributed by atoms with Gasteiger partial charge in [-0.3, -0.25) is 10.2 Å². The highest BCUT2D eigenvalue weighted by Gasteiger charge is 2.30. The van der Waals surface area contributed by atoms with Crippen LogP contribution in [0.25, 0.3) is 10.9 Å².